The van der Waals surface area contributed by atoms with Crippen molar-refractivity contribution in [1.29, 1.82) is 0 Å². The number of nitrogens with zero attached hydrogens (tertiary/aromatic N) is 2. The summed E-state index contributed by atoms with van der Waals surface area (Å²) < 4.78 is 10.6. The van der Waals surface area contributed by atoms with Gasteiger partial charge in [-0.1, -0.05) is 24.3 Å². The van der Waals surface area contributed by atoms with E-state index in [-0.39, 0.29) is 17.5 Å². The summed E-state index contributed by atoms with van der Waals surface area (Å²) >= 11 is 0. The molecule has 0 atom stereocenters. The molecule has 29 heavy (non-hydrogen) atoms. The van der Waals surface area contributed by atoms with E-state index in [0.29, 0.717) is 43.4 Å². The number of benzene rings is 2. The molecular formula is C22H21N3O4. The maximum Gasteiger partial charge on any atom is 0.274 e. The number of carbonyl (C=O) groups excluding carboxylic acids is 2. The highest BCUT2D eigenvalue weighted by molar-refractivity contribution is 6.06. The van der Waals surface area contributed by atoms with E-state index in [0.717, 1.165) is 10.8 Å². The van der Waals surface area contributed by atoms with Crippen LogP contribution in [0.25, 0.3) is 10.8 Å². The second-order valence-electron chi connectivity index (χ2n) is 6.68. The van der Waals surface area contributed by atoms with Crippen LogP contribution in [-0.4, -0.2) is 55.1 Å². The predicted molar refractivity (Wildman–Crippen MR) is 109 cm³/mol. The molecule has 1 aromatic heterocycles. The number of hydrogen-bond donors (Lipinski definition) is 1. The van der Waals surface area contributed by atoms with Crippen LogP contribution in [0.3, 0.4) is 0 Å². The van der Waals surface area contributed by atoms with Crippen molar-refractivity contribution in [2.24, 2.45) is 0 Å². The maximum atomic E-state index is 12.8. The first-order valence-corrected chi connectivity index (χ1v) is 9.38. The van der Waals surface area contributed by atoms with Crippen LogP contribution in [0.5, 0.6) is 5.88 Å². The number of pyridine rings is 1. The molecule has 1 aliphatic heterocycles. The first kappa shape index (κ1) is 18.9. The van der Waals surface area contributed by atoms with Crippen LogP contribution in [0.1, 0.15) is 20.8 Å². The second-order valence-corrected chi connectivity index (χ2v) is 6.68. The average Bonchev–Trinajstić information content (AvgIpc) is 2.78. The minimum Gasteiger partial charge on any atom is -0.481 e. The Bertz CT molecular complexity index is 1060. The van der Waals surface area contributed by atoms with E-state index in [2.05, 4.69) is 10.3 Å². The summed E-state index contributed by atoms with van der Waals surface area (Å²) in [6.45, 7) is 2.21. The van der Waals surface area contributed by atoms with Gasteiger partial charge in [-0.3, -0.25) is 9.59 Å². The monoisotopic (exact) mass is 391 g/mol. The van der Waals surface area contributed by atoms with Crippen LogP contribution in [0.15, 0.2) is 54.6 Å². The Morgan fingerprint density at radius 2 is 1.86 bits per heavy atom. The zero-order chi connectivity index (χ0) is 20.2. The van der Waals surface area contributed by atoms with E-state index in [9.17, 15) is 9.59 Å². The summed E-state index contributed by atoms with van der Waals surface area (Å²) in [4.78, 5) is 31.5. The molecule has 2 heterocycles. The largest absolute Gasteiger partial charge is 0.481 e. The lowest BCUT2D eigenvalue weighted by atomic mass is 10.1. The average molecular weight is 391 g/mol. The van der Waals surface area contributed by atoms with Gasteiger partial charge in [0, 0.05) is 29.7 Å². The Kier molecular flexibility index (Phi) is 5.39. The molecule has 2 amide bonds. The molecule has 1 fully saturated rings. The van der Waals surface area contributed by atoms with Gasteiger partial charge in [-0.25, -0.2) is 4.98 Å². The van der Waals surface area contributed by atoms with Crippen molar-refractivity contribution in [3.63, 3.8) is 0 Å². The Morgan fingerprint density at radius 1 is 1.07 bits per heavy atom. The number of amides is 2. The van der Waals surface area contributed by atoms with E-state index in [4.69, 9.17) is 9.47 Å². The third-order valence-corrected chi connectivity index (χ3v) is 4.80. The van der Waals surface area contributed by atoms with Gasteiger partial charge in [0.1, 0.15) is 5.69 Å². The van der Waals surface area contributed by atoms with Crippen molar-refractivity contribution >= 4 is 28.3 Å². The quantitative estimate of drug-likeness (QED) is 0.740. The summed E-state index contributed by atoms with van der Waals surface area (Å²) in [6.07, 6.45) is 0. The molecule has 1 N–H and O–H groups in total. The molecule has 0 saturated carbocycles. The van der Waals surface area contributed by atoms with E-state index >= 15 is 0 Å². The van der Waals surface area contributed by atoms with Crippen molar-refractivity contribution in [3.05, 3.63) is 65.9 Å². The standard InChI is InChI=1S/C22H21N3O4/c1-28-21-18-8-3-2-5-15(18)14-19(24-21)20(26)23-17-7-4-6-16(13-17)22(27)25-9-11-29-12-10-25/h2-8,13-14H,9-12H2,1H3,(H,23,26). The summed E-state index contributed by atoms with van der Waals surface area (Å²) in [5.74, 6) is -0.0515. The summed E-state index contributed by atoms with van der Waals surface area (Å²) in [7, 11) is 1.52. The van der Waals surface area contributed by atoms with Crippen LogP contribution in [-0.2, 0) is 4.74 Å². The third-order valence-electron chi connectivity index (χ3n) is 4.80. The molecule has 0 unspecified atom stereocenters. The number of carbonyl (C=O) groups is 2. The normalized spacial score (nSPS) is 13.9. The van der Waals surface area contributed by atoms with Gasteiger partial charge in [-0.2, -0.15) is 0 Å². The van der Waals surface area contributed by atoms with Gasteiger partial charge in [0.2, 0.25) is 5.88 Å². The second kappa shape index (κ2) is 8.28. The third kappa shape index (κ3) is 4.05. The van der Waals surface area contributed by atoms with Gasteiger partial charge >= 0.3 is 0 Å². The maximum absolute atomic E-state index is 12.8. The van der Waals surface area contributed by atoms with Gasteiger partial charge in [0.05, 0.1) is 20.3 Å². The molecule has 2 aromatic carbocycles. The molecule has 4 rings (SSSR count). The van der Waals surface area contributed by atoms with E-state index in [1.807, 2.05) is 24.3 Å². The zero-order valence-corrected chi connectivity index (χ0v) is 16.1. The molecule has 3 aromatic rings. The van der Waals surface area contributed by atoms with Crippen LogP contribution >= 0.6 is 0 Å². The van der Waals surface area contributed by atoms with E-state index in [1.165, 1.54) is 7.11 Å². The Balaban J connectivity index is 1.56. The minimum atomic E-state index is -0.370. The zero-order valence-electron chi connectivity index (χ0n) is 16.1. The Labute approximate surface area is 168 Å². The lowest BCUT2D eigenvalue weighted by Gasteiger charge is -2.27. The van der Waals surface area contributed by atoms with Crippen LogP contribution in [0.4, 0.5) is 5.69 Å². The highest BCUT2D eigenvalue weighted by atomic mass is 16.5. The number of hydrogen-bond acceptors (Lipinski definition) is 5. The molecule has 7 heteroatoms. The predicted octanol–water partition coefficient (Wildman–Crippen LogP) is 2.97. The van der Waals surface area contributed by atoms with Gasteiger partial charge < -0.3 is 19.7 Å². The highest BCUT2D eigenvalue weighted by Gasteiger charge is 2.19. The fourth-order valence-corrected chi connectivity index (χ4v) is 3.31. The van der Waals surface area contributed by atoms with Gasteiger partial charge in [-0.15, -0.1) is 0 Å². The van der Waals surface area contributed by atoms with Crippen LogP contribution in [0.2, 0.25) is 0 Å². The number of rotatable bonds is 4. The van der Waals surface area contributed by atoms with E-state index < -0.39 is 0 Å². The number of aromatic nitrogens is 1. The SMILES string of the molecule is COc1nc(C(=O)Nc2cccc(C(=O)N3CCOCC3)c2)cc2ccccc12. The van der Waals surface area contributed by atoms with Crippen molar-refractivity contribution in [2.75, 3.05) is 38.7 Å². The Morgan fingerprint density at radius 3 is 2.66 bits per heavy atom. The molecule has 0 aliphatic carbocycles. The number of anilines is 1. The van der Waals surface area contributed by atoms with E-state index in [1.54, 1.807) is 35.2 Å². The summed E-state index contributed by atoms with van der Waals surface area (Å²) in [5.41, 5.74) is 1.29. The number of methoxy groups -OCH3 is 1. The number of ether oxygens (including phenoxy) is 2. The van der Waals surface area contributed by atoms with Crippen LogP contribution < -0.4 is 10.1 Å². The fourth-order valence-electron chi connectivity index (χ4n) is 3.31. The molecule has 0 bridgehead atoms. The van der Waals surface area contributed by atoms with Gasteiger partial charge in [-0.05, 0) is 35.7 Å². The molecule has 1 saturated heterocycles. The molecule has 148 valence electrons. The van der Waals surface area contributed by atoms with Crippen LogP contribution in [0, 0.1) is 0 Å². The topological polar surface area (TPSA) is 80.8 Å². The highest BCUT2D eigenvalue weighted by Crippen LogP contribution is 2.24. The van der Waals surface area contributed by atoms with Crippen molar-refractivity contribution in [3.8, 4) is 5.88 Å². The number of nitrogens with one attached hydrogen (secondary N) is 1. The first-order valence-electron chi connectivity index (χ1n) is 9.38. The van der Waals surface area contributed by atoms with Gasteiger partial charge in [0.15, 0.2) is 0 Å². The van der Waals surface area contributed by atoms with Crippen molar-refractivity contribution in [1.82, 2.24) is 9.88 Å². The van der Waals surface area contributed by atoms with Gasteiger partial charge in [0.25, 0.3) is 11.8 Å². The summed E-state index contributed by atoms with van der Waals surface area (Å²) in [6, 6.07) is 16.2. The lowest BCUT2D eigenvalue weighted by molar-refractivity contribution is 0.0303. The van der Waals surface area contributed by atoms with Crippen molar-refractivity contribution < 1.29 is 19.1 Å². The fraction of sp³-hybridized carbons (Fsp3) is 0.227. The minimum absolute atomic E-state index is 0.0742. The van der Waals surface area contributed by atoms with Crippen molar-refractivity contribution in [2.45, 2.75) is 0 Å². The first-order chi connectivity index (χ1) is 14.2. The molecular weight excluding hydrogens is 370 g/mol. The molecule has 0 radical (unpaired) electrons. The smallest absolute Gasteiger partial charge is 0.274 e. The Hall–Kier alpha value is -3.45. The molecule has 7 nitrogen and oxygen atoms in total. The number of fused-ring (bicyclic) bond motifs is 1. The molecule has 1 aliphatic rings. The lowest BCUT2D eigenvalue weighted by Crippen LogP contribution is -2.40. The molecule has 0 spiro atoms. The summed E-state index contributed by atoms with van der Waals surface area (Å²) in [5, 5.41) is 4.52. The number of morpholine rings is 1.